The third-order valence-corrected chi connectivity index (χ3v) is 3.95. The summed E-state index contributed by atoms with van der Waals surface area (Å²) in [4.78, 5) is 7.04. The topological polar surface area (TPSA) is 117 Å². The standard InChI is InChI=1S/C13H9F3N6O3S/c1-26(23,24)11-5-8(4-9(19-11)13(14,15)16)12-17-6-22(21-12)3-2-10-20-18-7-25-10/h2-7H,1H3/b3-2-. The summed E-state index contributed by atoms with van der Waals surface area (Å²) in [6.45, 7) is 0. The number of alkyl halides is 3. The Morgan fingerprint density at radius 1 is 1.27 bits per heavy atom. The minimum absolute atomic E-state index is 0.113. The van der Waals surface area contributed by atoms with Crippen molar-refractivity contribution in [2.24, 2.45) is 0 Å². The van der Waals surface area contributed by atoms with Gasteiger partial charge in [-0.1, -0.05) is 0 Å². The van der Waals surface area contributed by atoms with Crippen LogP contribution in [0.15, 0.2) is 34.3 Å². The van der Waals surface area contributed by atoms with E-state index in [9.17, 15) is 21.6 Å². The summed E-state index contributed by atoms with van der Waals surface area (Å²) in [5, 5.41) is 10.3. The lowest BCUT2D eigenvalue weighted by atomic mass is 10.2. The predicted octanol–water partition coefficient (Wildman–Crippen LogP) is 1.77. The van der Waals surface area contributed by atoms with Gasteiger partial charge in [0.2, 0.25) is 12.3 Å². The molecule has 0 bridgehead atoms. The van der Waals surface area contributed by atoms with Crippen LogP contribution in [0, 0.1) is 0 Å². The average Bonchev–Trinajstić information content (AvgIpc) is 3.22. The Hall–Kier alpha value is -3.09. The van der Waals surface area contributed by atoms with Gasteiger partial charge in [-0.05, 0) is 12.1 Å². The molecule has 0 atom stereocenters. The molecule has 0 radical (unpaired) electrons. The molecule has 0 aliphatic heterocycles. The minimum atomic E-state index is -4.82. The minimum Gasteiger partial charge on any atom is -0.424 e. The largest absolute Gasteiger partial charge is 0.433 e. The maximum atomic E-state index is 13.0. The van der Waals surface area contributed by atoms with E-state index in [0.717, 1.165) is 18.7 Å². The number of aromatic nitrogens is 6. The quantitative estimate of drug-likeness (QED) is 0.666. The molecular weight excluding hydrogens is 377 g/mol. The lowest BCUT2D eigenvalue weighted by molar-refractivity contribution is -0.141. The molecule has 0 aliphatic carbocycles. The maximum absolute atomic E-state index is 13.0. The van der Waals surface area contributed by atoms with Gasteiger partial charge in [-0.15, -0.1) is 15.3 Å². The highest BCUT2D eigenvalue weighted by Gasteiger charge is 2.34. The van der Waals surface area contributed by atoms with Crippen LogP contribution in [0.4, 0.5) is 13.2 Å². The van der Waals surface area contributed by atoms with Crippen molar-refractivity contribution in [2.45, 2.75) is 11.2 Å². The van der Waals surface area contributed by atoms with Crippen molar-refractivity contribution in [3.8, 4) is 11.4 Å². The van der Waals surface area contributed by atoms with Gasteiger partial charge in [0.25, 0.3) is 0 Å². The molecule has 13 heteroatoms. The van der Waals surface area contributed by atoms with Gasteiger partial charge in [-0.2, -0.15) is 13.2 Å². The first kappa shape index (κ1) is 17.7. The molecule has 0 fully saturated rings. The SMILES string of the molecule is CS(=O)(=O)c1cc(-c2ncn(/C=C\c3nnco3)n2)cc(C(F)(F)F)n1. The first-order valence-corrected chi connectivity index (χ1v) is 8.67. The number of sulfone groups is 1. The monoisotopic (exact) mass is 386 g/mol. The van der Waals surface area contributed by atoms with Crippen molar-refractivity contribution in [2.75, 3.05) is 6.26 Å². The van der Waals surface area contributed by atoms with Crippen molar-refractivity contribution in [3.05, 3.63) is 36.4 Å². The van der Waals surface area contributed by atoms with Crippen LogP contribution in [0.3, 0.4) is 0 Å². The van der Waals surface area contributed by atoms with Crippen LogP contribution >= 0.6 is 0 Å². The second kappa shape index (κ2) is 6.33. The van der Waals surface area contributed by atoms with Gasteiger partial charge in [0.1, 0.15) is 12.0 Å². The second-order valence-corrected chi connectivity index (χ2v) is 6.95. The molecule has 9 nitrogen and oxygen atoms in total. The summed E-state index contributed by atoms with van der Waals surface area (Å²) in [5.41, 5.74) is -1.49. The van der Waals surface area contributed by atoms with Gasteiger partial charge in [-0.3, -0.25) is 0 Å². The van der Waals surface area contributed by atoms with E-state index in [-0.39, 0.29) is 17.3 Å². The van der Waals surface area contributed by atoms with Crippen molar-refractivity contribution in [1.29, 1.82) is 0 Å². The third-order valence-electron chi connectivity index (χ3n) is 2.99. The molecule has 0 spiro atoms. The fourth-order valence-electron chi connectivity index (χ4n) is 1.84. The zero-order chi connectivity index (χ0) is 18.9. The van der Waals surface area contributed by atoms with Gasteiger partial charge in [0, 0.05) is 24.1 Å². The average molecular weight is 386 g/mol. The number of rotatable bonds is 4. The zero-order valence-corrected chi connectivity index (χ0v) is 13.7. The summed E-state index contributed by atoms with van der Waals surface area (Å²) < 4.78 is 68.3. The van der Waals surface area contributed by atoms with Gasteiger partial charge in [0.15, 0.2) is 20.7 Å². The summed E-state index contributed by atoms with van der Waals surface area (Å²) >= 11 is 0. The van der Waals surface area contributed by atoms with E-state index in [1.165, 1.54) is 23.3 Å². The van der Waals surface area contributed by atoms with Crippen LogP contribution in [-0.2, 0) is 16.0 Å². The Labute approximate surface area is 144 Å². The summed E-state index contributed by atoms with van der Waals surface area (Å²) in [6.07, 6.45) is 1.06. The van der Waals surface area contributed by atoms with Crippen LogP contribution in [0.5, 0.6) is 0 Å². The molecule has 0 unspecified atom stereocenters. The molecule has 3 aromatic heterocycles. The summed E-state index contributed by atoms with van der Waals surface area (Å²) in [6, 6.07) is 1.65. The number of halogens is 3. The first-order chi connectivity index (χ1) is 12.1. The molecule has 3 rings (SSSR count). The van der Waals surface area contributed by atoms with Crippen molar-refractivity contribution in [1.82, 2.24) is 29.9 Å². The molecular formula is C13H9F3N6O3S. The summed E-state index contributed by atoms with van der Waals surface area (Å²) in [5.74, 6) is 0.0719. The van der Waals surface area contributed by atoms with Crippen molar-refractivity contribution < 1.29 is 26.0 Å². The predicted molar refractivity (Wildman–Crippen MR) is 80.9 cm³/mol. The van der Waals surface area contributed by atoms with E-state index in [2.05, 4.69) is 25.3 Å². The number of hydrogen-bond acceptors (Lipinski definition) is 8. The van der Waals surface area contributed by atoms with E-state index in [0.29, 0.717) is 6.07 Å². The van der Waals surface area contributed by atoms with Crippen molar-refractivity contribution in [3.63, 3.8) is 0 Å². The van der Waals surface area contributed by atoms with Crippen molar-refractivity contribution >= 4 is 22.1 Å². The Bertz CT molecular complexity index is 1060. The van der Waals surface area contributed by atoms with Gasteiger partial charge >= 0.3 is 6.18 Å². The Morgan fingerprint density at radius 2 is 2.04 bits per heavy atom. The molecule has 0 amide bonds. The van der Waals surface area contributed by atoms with E-state index in [1.54, 1.807) is 0 Å². The Kier molecular flexibility index (Phi) is 4.31. The molecule has 0 saturated heterocycles. The lowest BCUT2D eigenvalue weighted by Gasteiger charge is -2.09. The van der Waals surface area contributed by atoms with Crippen LogP contribution in [0.2, 0.25) is 0 Å². The molecule has 3 heterocycles. The van der Waals surface area contributed by atoms with E-state index >= 15 is 0 Å². The number of pyridine rings is 1. The molecule has 0 aromatic carbocycles. The maximum Gasteiger partial charge on any atom is 0.433 e. The zero-order valence-electron chi connectivity index (χ0n) is 12.9. The highest BCUT2D eigenvalue weighted by atomic mass is 32.2. The van der Waals surface area contributed by atoms with Crippen LogP contribution in [0.1, 0.15) is 11.6 Å². The molecule has 3 aromatic rings. The van der Waals surface area contributed by atoms with Crippen LogP contribution in [0.25, 0.3) is 23.7 Å². The molecule has 0 N–H and O–H groups in total. The number of nitrogens with zero attached hydrogens (tertiary/aromatic N) is 6. The van der Waals surface area contributed by atoms with Gasteiger partial charge < -0.3 is 4.42 Å². The molecule has 0 saturated carbocycles. The molecule has 136 valence electrons. The van der Waals surface area contributed by atoms with Gasteiger partial charge in [0.05, 0.1) is 0 Å². The fraction of sp³-hybridized carbons (Fsp3) is 0.154. The normalized spacial score (nSPS) is 12.8. The highest BCUT2D eigenvalue weighted by molar-refractivity contribution is 7.90. The lowest BCUT2D eigenvalue weighted by Crippen LogP contribution is -2.12. The van der Waals surface area contributed by atoms with E-state index in [1.807, 2.05) is 0 Å². The van der Waals surface area contributed by atoms with E-state index < -0.39 is 26.7 Å². The highest BCUT2D eigenvalue weighted by Crippen LogP contribution is 2.31. The fourth-order valence-corrected chi connectivity index (χ4v) is 2.45. The summed E-state index contributed by atoms with van der Waals surface area (Å²) in [7, 11) is -3.96. The smallest absolute Gasteiger partial charge is 0.424 e. The Balaban J connectivity index is 2.01. The first-order valence-electron chi connectivity index (χ1n) is 6.78. The second-order valence-electron chi connectivity index (χ2n) is 4.99. The van der Waals surface area contributed by atoms with Gasteiger partial charge in [-0.25, -0.2) is 23.1 Å². The number of hydrogen-bond donors (Lipinski definition) is 0. The molecule has 26 heavy (non-hydrogen) atoms. The third kappa shape index (κ3) is 3.93. The van der Waals surface area contributed by atoms with Crippen LogP contribution < -0.4 is 0 Å². The van der Waals surface area contributed by atoms with E-state index in [4.69, 9.17) is 4.42 Å². The van der Waals surface area contributed by atoms with Crippen LogP contribution in [-0.4, -0.2) is 44.6 Å². The molecule has 0 aliphatic rings. The Morgan fingerprint density at radius 3 is 2.65 bits per heavy atom.